The second kappa shape index (κ2) is 8.23. The molecule has 0 spiro atoms. The lowest BCUT2D eigenvalue weighted by Gasteiger charge is -2.07. The van der Waals surface area contributed by atoms with Crippen molar-refractivity contribution < 1.29 is 24.0 Å². The Labute approximate surface area is 181 Å². The van der Waals surface area contributed by atoms with E-state index in [1.165, 1.54) is 18.2 Å². The second-order valence-corrected chi connectivity index (χ2v) is 7.38. The number of ether oxygens (including phenoxy) is 1. The summed E-state index contributed by atoms with van der Waals surface area (Å²) < 4.78 is 10.9. The molecule has 4 rings (SSSR count). The smallest absolute Gasteiger partial charge is 0.338 e. The van der Waals surface area contributed by atoms with Crippen LogP contribution in [0.15, 0.2) is 46.9 Å². The number of aromatic nitrogens is 1. The van der Waals surface area contributed by atoms with Crippen molar-refractivity contribution in [2.75, 3.05) is 6.61 Å². The van der Waals surface area contributed by atoms with Crippen molar-refractivity contribution >= 4 is 45.1 Å². The number of carbonyl (C=O) groups is 1. The zero-order valence-electron chi connectivity index (χ0n) is 16.4. The summed E-state index contributed by atoms with van der Waals surface area (Å²) in [7, 11) is 0. The fourth-order valence-electron chi connectivity index (χ4n) is 3.17. The van der Waals surface area contributed by atoms with Crippen molar-refractivity contribution in [3.63, 3.8) is 0 Å². The summed E-state index contributed by atoms with van der Waals surface area (Å²) in [5, 5.41) is 22.9. The number of fused-ring (bicyclic) bond motifs is 2. The summed E-state index contributed by atoms with van der Waals surface area (Å²) in [6.45, 7) is 2.36. The summed E-state index contributed by atoms with van der Waals surface area (Å²) in [6, 6.07) is 10.7. The van der Waals surface area contributed by atoms with Crippen LogP contribution in [0.2, 0.25) is 5.02 Å². The van der Waals surface area contributed by atoms with E-state index < -0.39 is 10.9 Å². The highest BCUT2D eigenvalue weighted by Crippen LogP contribution is 2.37. The summed E-state index contributed by atoms with van der Waals surface area (Å²) in [4.78, 5) is 27.0. The lowest BCUT2D eigenvalue weighted by Crippen LogP contribution is -2.06. The van der Waals surface area contributed by atoms with Gasteiger partial charge in [0.05, 0.1) is 28.7 Å². The van der Waals surface area contributed by atoms with Crippen LogP contribution in [0.5, 0.6) is 5.75 Å². The van der Waals surface area contributed by atoms with Crippen LogP contribution in [0.3, 0.4) is 0 Å². The molecule has 31 heavy (non-hydrogen) atoms. The van der Waals surface area contributed by atoms with Gasteiger partial charge in [-0.1, -0.05) is 31.0 Å². The van der Waals surface area contributed by atoms with Gasteiger partial charge in [-0.25, -0.2) is 9.78 Å². The lowest BCUT2D eigenvalue weighted by molar-refractivity contribution is -0.384. The van der Waals surface area contributed by atoms with Crippen LogP contribution in [0, 0.1) is 10.1 Å². The number of carbonyl (C=O) groups excluding carboxylic acids is 1. The molecule has 1 heterocycles. The molecule has 0 amide bonds. The molecular formula is C22H17ClN2O6. The molecule has 9 heteroatoms. The van der Waals surface area contributed by atoms with E-state index in [0.717, 1.165) is 12.8 Å². The minimum absolute atomic E-state index is 0.0636. The Morgan fingerprint density at radius 2 is 2.03 bits per heavy atom. The van der Waals surface area contributed by atoms with E-state index in [4.69, 9.17) is 20.8 Å². The highest BCUT2D eigenvalue weighted by molar-refractivity contribution is 6.33. The Kier molecular flexibility index (Phi) is 5.48. The third-order valence-corrected chi connectivity index (χ3v) is 5.11. The van der Waals surface area contributed by atoms with Crippen LogP contribution in [0.1, 0.15) is 30.1 Å². The third kappa shape index (κ3) is 4.02. The first-order valence-electron chi connectivity index (χ1n) is 9.56. The van der Waals surface area contributed by atoms with E-state index in [0.29, 0.717) is 28.5 Å². The summed E-state index contributed by atoms with van der Waals surface area (Å²) >= 11 is 5.94. The quantitative estimate of drug-likeness (QED) is 0.172. The molecule has 1 N–H and O–H groups in total. The van der Waals surface area contributed by atoms with Gasteiger partial charge < -0.3 is 14.3 Å². The highest BCUT2D eigenvalue weighted by atomic mass is 35.5. The number of esters is 1. The van der Waals surface area contributed by atoms with Crippen LogP contribution >= 0.6 is 11.6 Å². The summed E-state index contributed by atoms with van der Waals surface area (Å²) in [5.41, 5.74) is 0.849. The molecule has 158 valence electrons. The predicted molar refractivity (Wildman–Crippen MR) is 115 cm³/mol. The number of benzene rings is 3. The third-order valence-electron chi connectivity index (χ3n) is 4.81. The molecule has 0 unspecified atom stereocenters. The van der Waals surface area contributed by atoms with Gasteiger partial charge in [0.15, 0.2) is 5.58 Å². The molecule has 8 nitrogen and oxygen atoms in total. The zero-order valence-corrected chi connectivity index (χ0v) is 17.2. The number of hydrogen-bond acceptors (Lipinski definition) is 7. The van der Waals surface area contributed by atoms with Crippen molar-refractivity contribution in [1.29, 1.82) is 0 Å². The number of aromatic hydroxyl groups is 1. The Bertz CT molecular complexity index is 1330. The Morgan fingerprint density at radius 3 is 2.77 bits per heavy atom. The number of nitro groups is 1. The van der Waals surface area contributed by atoms with Crippen LogP contribution < -0.4 is 0 Å². The van der Waals surface area contributed by atoms with Crippen LogP contribution in [0.25, 0.3) is 33.3 Å². The Hall–Kier alpha value is -3.65. The topological polar surface area (TPSA) is 116 Å². The van der Waals surface area contributed by atoms with Crippen LogP contribution in [-0.2, 0) is 4.74 Å². The molecule has 0 bridgehead atoms. The molecule has 0 saturated heterocycles. The number of nitrogens with zero attached hydrogens (tertiary/aromatic N) is 2. The van der Waals surface area contributed by atoms with Crippen molar-refractivity contribution in [1.82, 2.24) is 4.98 Å². The van der Waals surface area contributed by atoms with Gasteiger partial charge in [-0.2, -0.15) is 0 Å². The maximum Gasteiger partial charge on any atom is 0.338 e. The number of unbranched alkanes of at least 4 members (excludes halogenated alkanes) is 1. The van der Waals surface area contributed by atoms with Gasteiger partial charge in [-0.05, 0) is 47.5 Å². The first-order chi connectivity index (χ1) is 14.9. The molecular weight excluding hydrogens is 424 g/mol. The molecule has 0 aliphatic carbocycles. The van der Waals surface area contributed by atoms with Crippen LogP contribution in [-0.4, -0.2) is 27.6 Å². The van der Waals surface area contributed by atoms with E-state index in [9.17, 15) is 20.0 Å². The average Bonchev–Trinajstić information content (AvgIpc) is 3.14. The molecule has 0 saturated carbocycles. The number of phenolic OH excluding ortho intramolecular Hbond substituents is 1. The normalized spacial score (nSPS) is 11.2. The molecule has 0 radical (unpaired) electrons. The Balaban J connectivity index is 1.75. The molecule has 0 aliphatic rings. The molecule has 0 atom stereocenters. The van der Waals surface area contributed by atoms with Gasteiger partial charge in [0.2, 0.25) is 5.89 Å². The van der Waals surface area contributed by atoms with E-state index >= 15 is 0 Å². The Morgan fingerprint density at radius 1 is 1.23 bits per heavy atom. The number of halogens is 1. The van der Waals surface area contributed by atoms with E-state index in [-0.39, 0.29) is 33.5 Å². The number of hydrogen-bond donors (Lipinski definition) is 1. The van der Waals surface area contributed by atoms with Gasteiger partial charge >= 0.3 is 5.97 Å². The van der Waals surface area contributed by atoms with Gasteiger partial charge in [-0.15, -0.1) is 0 Å². The van der Waals surface area contributed by atoms with Crippen molar-refractivity contribution in [3.05, 3.63) is 63.2 Å². The number of phenols is 1. The zero-order chi connectivity index (χ0) is 22.1. The van der Waals surface area contributed by atoms with Crippen molar-refractivity contribution in [3.8, 4) is 17.2 Å². The van der Waals surface area contributed by atoms with E-state index in [1.54, 1.807) is 24.3 Å². The lowest BCUT2D eigenvalue weighted by atomic mass is 10.0. The van der Waals surface area contributed by atoms with Crippen molar-refractivity contribution in [2.24, 2.45) is 0 Å². The minimum Gasteiger partial charge on any atom is -0.507 e. The van der Waals surface area contributed by atoms with Gasteiger partial charge in [-0.3, -0.25) is 10.1 Å². The van der Waals surface area contributed by atoms with E-state index in [1.807, 2.05) is 6.92 Å². The molecule has 3 aromatic carbocycles. The largest absolute Gasteiger partial charge is 0.507 e. The maximum absolute atomic E-state index is 12.3. The summed E-state index contributed by atoms with van der Waals surface area (Å²) in [6.07, 6.45) is 1.71. The van der Waals surface area contributed by atoms with E-state index in [2.05, 4.69) is 4.98 Å². The SMILES string of the molecule is CCCCOC(=O)c1ccc2cc(O)c(-c3nc4cc(Cl)c([N+](=O)[O-])cc4o3)cc2c1. The molecule has 4 aromatic rings. The average molecular weight is 441 g/mol. The first kappa shape index (κ1) is 20.6. The number of nitro benzene ring substituents is 1. The van der Waals surface area contributed by atoms with Crippen molar-refractivity contribution in [2.45, 2.75) is 19.8 Å². The van der Waals surface area contributed by atoms with Gasteiger partial charge in [0.25, 0.3) is 5.69 Å². The molecule has 0 fully saturated rings. The fourth-order valence-corrected chi connectivity index (χ4v) is 3.40. The fraction of sp³-hybridized carbons (Fsp3) is 0.182. The standard InChI is InChI=1S/C22H17ClN2O6/c1-2-3-6-30-22(27)13-5-4-12-9-19(26)15(8-14(12)7-13)21-24-17-10-16(23)18(25(28)29)11-20(17)31-21/h4-5,7-11,26H,2-3,6H2,1H3. The van der Waals surface area contributed by atoms with Gasteiger partial charge in [0, 0.05) is 0 Å². The van der Waals surface area contributed by atoms with Crippen LogP contribution in [0.4, 0.5) is 5.69 Å². The molecule has 1 aromatic heterocycles. The summed E-state index contributed by atoms with van der Waals surface area (Å²) in [5.74, 6) is -0.436. The number of rotatable bonds is 6. The monoisotopic (exact) mass is 440 g/mol. The second-order valence-electron chi connectivity index (χ2n) is 6.97. The number of oxazole rings is 1. The van der Waals surface area contributed by atoms with Gasteiger partial charge in [0.1, 0.15) is 16.3 Å². The molecule has 0 aliphatic heterocycles. The first-order valence-corrected chi connectivity index (χ1v) is 9.94. The highest BCUT2D eigenvalue weighted by Gasteiger charge is 2.20. The maximum atomic E-state index is 12.3. The predicted octanol–water partition coefficient (Wildman–Crippen LogP) is 5.87. The minimum atomic E-state index is -0.613.